The van der Waals surface area contributed by atoms with Gasteiger partial charge < -0.3 is 9.80 Å². The van der Waals surface area contributed by atoms with Crippen LogP contribution in [0.1, 0.15) is 12.8 Å². The number of aromatic nitrogens is 2. The second-order valence-corrected chi connectivity index (χ2v) is 8.55. The molecule has 0 aliphatic carbocycles. The van der Waals surface area contributed by atoms with Crippen LogP contribution in [0.3, 0.4) is 0 Å². The molecule has 0 bridgehead atoms. The average Bonchev–Trinajstić information content (AvgIpc) is 2.67. The van der Waals surface area contributed by atoms with Crippen molar-refractivity contribution in [3.05, 3.63) is 46.6 Å². The molecule has 1 aliphatic heterocycles. The van der Waals surface area contributed by atoms with Gasteiger partial charge in [0.25, 0.3) is 0 Å². The molecule has 0 N–H and O–H groups in total. The Morgan fingerprint density at radius 2 is 1.93 bits per heavy atom. The number of para-hydroxylation sites is 1. The number of nitro groups is 1. The Balaban J connectivity index is 1.82. The minimum atomic E-state index is -3.69. The molecule has 0 saturated carbocycles. The highest BCUT2D eigenvalue weighted by Gasteiger charge is 2.31. The van der Waals surface area contributed by atoms with Gasteiger partial charge in [-0.1, -0.05) is 6.07 Å². The molecule has 1 aromatic carbocycles. The fraction of sp³-hybridized carbons (Fsp3) is 0.412. The first-order chi connectivity index (χ1) is 12.8. The number of rotatable bonds is 5. The summed E-state index contributed by atoms with van der Waals surface area (Å²) in [5.74, 6) is 0.779. The van der Waals surface area contributed by atoms with Crippen molar-refractivity contribution in [1.82, 2.24) is 10.2 Å². The zero-order valence-electron chi connectivity index (χ0n) is 15.1. The summed E-state index contributed by atoms with van der Waals surface area (Å²) in [5, 5.41) is 19.6. The maximum absolute atomic E-state index is 11.9. The predicted molar refractivity (Wildman–Crippen MR) is 102 cm³/mol. The van der Waals surface area contributed by atoms with Crippen molar-refractivity contribution in [3.63, 3.8) is 0 Å². The standard InChI is InChI=1S/C17H21N5O4S/c1-20(16-7-4-10-18-19-16)13-8-11-21(12-9-13)14-5-3-6-15(27(2,25)26)17(14)22(23)24/h3-7,10,13H,8-9,11-12H2,1-2H3. The Bertz CT molecular complexity index is 928. The molecule has 1 saturated heterocycles. The summed E-state index contributed by atoms with van der Waals surface area (Å²) in [4.78, 5) is 14.7. The molecule has 9 nitrogen and oxygen atoms in total. The van der Waals surface area contributed by atoms with Gasteiger partial charge >= 0.3 is 5.69 Å². The molecule has 1 aliphatic rings. The van der Waals surface area contributed by atoms with E-state index < -0.39 is 14.8 Å². The number of benzene rings is 1. The lowest BCUT2D eigenvalue weighted by Gasteiger charge is -2.38. The quantitative estimate of drug-likeness (QED) is 0.561. The molecule has 0 atom stereocenters. The highest BCUT2D eigenvalue weighted by atomic mass is 32.2. The van der Waals surface area contributed by atoms with Crippen LogP contribution in [0.5, 0.6) is 0 Å². The fourth-order valence-corrected chi connectivity index (χ4v) is 4.27. The Hall–Kier alpha value is -2.75. The van der Waals surface area contributed by atoms with E-state index in [0.29, 0.717) is 18.8 Å². The molecule has 144 valence electrons. The smallest absolute Gasteiger partial charge is 0.311 e. The minimum absolute atomic E-state index is 0.232. The van der Waals surface area contributed by atoms with E-state index in [2.05, 4.69) is 15.1 Å². The third-order valence-corrected chi connectivity index (χ3v) is 5.96. The van der Waals surface area contributed by atoms with Crippen LogP contribution in [0.4, 0.5) is 17.2 Å². The molecule has 1 aromatic heterocycles. The van der Waals surface area contributed by atoms with Gasteiger partial charge in [0.1, 0.15) is 10.6 Å². The summed E-state index contributed by atoms with van der Waals surface area (Å²) in [6, 6.07) is 8.39. The van der Waals surface area contributed by atoms with Gasteiger partial charge in [0.05, 0.1) is 4.92 Å². The first-order valence-electron chi connectivity index (χ1n) is 8.52. The van der Waals surface area contributed by atoms with Crippen molar-refractivity contribution in [2.45, 2.75) is 23.8 Å². The lowest BCUT2D eigenvalue weighted by Crippen LogP contribution is -2.44. The molecule has 3 rings (SSSR count). The predicted octanol–water partition coefficient (Wildman–Crippen LogP) is 1.89. The zero-order chi connectivity index (χ0) is 19.6. The Labute approximate surface area is 157 Å². The van der Waals surface area contributed by atoms with E-state index in [1.165, 1.54) is 6.07 Å². The van der Waals surface area contributed by atoms with Crippen LogP contribution in [-0.4, -0.2) is 56.0 Å². The number of hydrogen-bond acceptors (Lipinski definition) is 8. The van der Waals surface area contributed by atoms with Gasteiger partial charge in [-0.25, -0.2) is 8.42 Å². The number of nitrogens with zero attached hydrogens (tertiary/aromatic N) is 5. The van der Waals surface area contributed by atoms with Crippen LogP contribution in [0, 0.1) is 10.1 Å². The van der Waals surface area contributed by atoms with Gasteiger partial charge in [-0.2, -0.15) is 5.10 Å². The van der Waals surface area contributed by atoms with Crippen LogP contribution in [-0.2, 0) is 9.84 Å². The van der Waals surface area contributed by atoms with Gasteiger partial charge in [-0.05, 0) is 37.1 Å². The summed E-state index contributed by atoms with van der Waals surface area (Å²) in [6.45, 7) is 1.17. The summed E-state index contributed by atoms with van der Waals surface area (Å²) < 4.78 is 23.9. The van der Waals surface area contributed by atoms with E-state index in [0.717, 1.165) is 24.9 Å². The average molecular weight is 391 g/mol. The van der Waals surface area contributed by atoms with Crippen molar-refractivity contribution in [2.75, 3.05) is 36.2 Å². The topological polar surface area (TPSA) is 110 Å². The molecule has 10 heteroatoms. The Kier molecular flexibility index (Phi) is 5.26. The lowest BCUT2D eigenvalue weighted by molar-refractivity contribution is -0.387. The summed E-state index contributed by atoms with van der Waals surface area (Å²) in [7, 11) is -1.74. The van der Waals surface area contributed by atoms with E-state index >= 15 is 0 Å². The molecule has 0 radical (unpaired) electrons. The maximum atomic E-state index is 11.9. The highest BCUT2D eigenvalue weighted by molar-refractivity contribution is 7.90. The number of sulfone groups is 1. The van der Waals surface area contributed by atoms with Crippen molar-refractivity contribution in [3.8, 4) is 0 Å². The molecular formula is C17H21N5O4S. The van der Waals surface area contributed by atoms with Gasteiger partial charge in [0.2, 0.25) is 0 Å². The van der Waals surface area contributed by atoms with Crippen molar-refractivity contribution in [2.24, 2.45) is 0 Å². The number of anilines is 2. The van der Waals surface area contributed by atoms with Crippen LogP contribution < -0.4 is 9.80 Å². The monoisotopic (exact) mass is 391 g/mol. The largest absolute Gasteiger partial charge is 0.366 e. The number of nitro benzene ring substituents is 1. The molecule has 0 unspecified atom stereocenters. The first kappa shape index (κ1) is 19.0. The summed E-state index contributed by atoms with van der Waals surface area (Å²) >= 11 is 0. The molecular weight excluding hydrogens is 370 g/mol. The van der Waals surface area contributed by atoms with E-state index in [1.807, 2.05) is 24.1 Å². The third kappa shape index (κ3) is 4.00. The highest BCUT2D eigenvalue weighted by Crippen LogP contribution is 2.36. The zero-order valence-corrected chi connectivity index (χ0v) is 16.0. The molecule has 0 spiro atoms. The fourth-order valence-electron chi connectivity index (χ4n) is 3.41. The van der Waals surface area contributed by atoms with Gasteiger partial charge in [-0.15, -0.1) is 5.10 Å². The van der Waals surface area contributed by atoms with Gasteiger partial charge in [0, 0.05) is 38.6 Å². The van der Waals surface area contributed by atoms with E-state index in [9.17, 15) is 18.5 Å². The molecule has 0 amide bonds. The SMILES string of the molecule is CN(c1cccnn1)C1CCN(c2cccc(S(C)(=O)=O)c2[N+](=O)[O-])CC1. The number of piperidine rings is 1. The summed E-state index contributed by atoms with van der Waals surface area (Å²) in [5.41, 5.74) is 0.00395. The number of hydrogen-bond donors (Lipinski definition) is 0. The second kappa shape index (κ2) is 7.47. The first-order valence-corrected chi connectivity index (χ1v) is 10.4. The molecule has 1 fully saturated rings. The van der Waals surface area contributed by atoms with Crippen LogP contribution in [0.2, 0.25) is 0 Å². The molecule has 27 heavy (non-hydrogen) atoms. The second-order valence-electron chi connectivity index (χ2n) is 6.56. The molecule has 2 heterocycles. The van der Waals surface area contributed by atoms with Gasteiger partial charge in [-0.3, -0.25) is 10.1 Å². The molecule has 2 aromatic rings. The Morgan fingerprint density at radius 1 is 1.22 bits per heavy atom. The van der Waals surface area contributed by atoms with E-state index in [4.69, 9.17) is 0 Å². The van der Waals surface area contributed by atoms with Gasteiger partial charge in [0.15, 0.2) is 15.7 Å². The minimum Gasteiger partial charge on any atom is -0.366 e. The lowest BCUT2D eigenvalue weighted by atomic mass is 10.0. The van der Waals surface area contributed by atoms with Crippen LogP contribution in [0.15, 0.2) is 41.4 Å². The van der Waals surface area contributed by atoms with E-state index in [-0.39, 0.29) is 16.6 Å². The normalized spacial score (nSPS) is 15.6. The third-order valence-electron chi connectivity index (χ3n) is 4.83. The van der Waals surface area contributed by atoms with Crippen molar-refractivity contribution >= 4 is 27.0 Å². The van der Waals surface area contributed by atoms with Crippen molar-refractivity contribution in [1.29, 1.82) is 0 Å². The van der Waals surface area contributed by atoms with Crippen LogP contribution in [0.25, 0.3) is 0 Å². The van der Waals surface area contributed by atoms with Crippen molar-refractivity contribution < 1.29 is 13.3 Å². The maximum Gasteiger partial charge on any atom is 0.311 e. The Morgan fingerprint density at radius 3 is 2.48 bits per heavy atom. The summed E-state index contributed by atoms with van der Waals surface area (Å²) in [6.07, 6.45) is 4.15. The van der Waals surface area contributed by atoms with Crippen LogP contribution >= 0.6 is 0 Å². The van der Waals surface area contributed by atoms with E-state index in [1.54, 1.807) is 18.3 Å².